The van der Waals surface area contributed by atoms with Crippen LogP contribution >= 0.6 is 0 Å². The second-order valence-corrected chi connectivity index (χ2v) is 10.9. The Morgan fingerprint density at radius 2 is 1.58 bits per heavy atom. The summed E-state index contributed by atoms with van der Waals surface area (Å²) in [6, 6.07) is 18.6. The fourth-order valence-corrected chi connectivity index (χ4v) is 4.21. The molecule has 1 heterocycles. The van der Waals surface area contributed by atoms with E-state index in [0.717, 1.165) is 42.0 Å². The minimum Gasteiger partial charge on any atom is -0.490 e. The van der Waals surface area contributed by atoms with Crippen molar-refractivity contribution in [3.8, 4) is 23.3 Å². The molecule has 0 spiro atoms. The van der Waals surface area contributed by atoms with Crippen LogP contribution in [0.2, 0.25) is 0 Å². The van der Waals surface area contributed by atoms with Gasteiger partial charge in [0.1, 0.15) is 35.1 Å². The van der Waals surface area contributed by atoms with Crippen molar-refractivity contribution in [2.75, 3.05) is 0 Å². The Kier molecular flexibility index (Phi) is 7.58. The highest BCUT2D eigenvalue weighted by molar-refractivity contribution is 5.68. The lowest BCUT2D eigenvalue weighted by Crippen LogP contribution is -2.50. The summed E-state index contributed by atoms with van der Waals surface area (Å²) in [6.07, 6.45) is 2.12. The highest BCUT2D eigenvalue weighted by Gasteiger charge is 2.33. The van der Waals surface area contributed by atoms with Gasteiger partial charge in [0.25, 0.3) is 0 Å². The van der Waals surface area contributed by atoms with Gasteiger partial charge in [0.05, 0.1) is 6.20 Å². The largest absolute Gasteiger partial charge is 0.490 e. The topological polar surface area (TPSA) is 93.5 Å². The van der Waals surface area contributed by atoms with E-state index in [1.54, 1.807) is 12.1 Å². The van der Waals surface area contributed by atoms with Crippen LogP contribution in [0.1, 0.15) is 64.3 Å². The summed E-state index contributed by atoms with van der Waals surface area (Å²) in [6.45, 7) is 9.77. The lowest BCUT2D eigenvalue weighted by atomic mass is 9.78. The van der Waals surface area contributed by atoms with E-state index >= 15 is 0 Å². The van der Waals surface area contributed by atoms with Crippen LogP contribution in [0.3, 0.4) is 0 Å². The molecule has 3 aromatic rings. The molecule has 38 heavy (non-hydrogen) atoms. The number of nitrogens with zero attached hydrogens (tertiary/aromatic N) is 2. The molecule has 7 nitrogen and oxygen atoms in total. The van der Waals surface area contributed by atoms with Crippen molar-refractivity contribution in [3.05, 3.63) is 83.4 Å². The predicted molar refractivity (Wildman–Crippen MR) is 141 cm³/mol. The fourth-order valence-electron chi connectivity index (χ4n) is 4.21. The highest BCUT2D eigenvalue weighted by atomic mass is 19.1. The normalized spacial score (nSPS) is 17.1. The van der Waals surface area contributed by atoms with Gasteiger partial charge in [-0.05, 0) is 56.2 Å². The van der Waals surface area contributed by atoms with Crippen LogP contribution in [0.15, 0.2) is 60.8 Å². The molecule has 1 aliphatic carbocycles. The van der Waals surface area contributed by atoms with Gasteiger partial charge < -0.3 is 19.5 Å². The Balaban J connectivity index is 1.33. The van der Waals surface area contributed by atoms with E-state index in [4.69, 9.17) is 14.2 Å². The smallest absolute Gasteiger partial charge is 0.407 e. The van der Waals surface area contributed by atoms with E-state index in [9.17, 15) is 14.4 Å². The lowest BCUT2D eigenvalue weighted by molar-refractivity contribution is 0.0363. The fraction of sp³-hybridized carbons (Fsp3) is 0.367. The van der Waals surface area contributed by atoms with Gasteiger partial charge in [-0.15, -0.1) is 0 Å². The SMILES string of the molecule is CC(C)(C)OC(=O)NC1CC(Oc2ccc(C(C)(C)c3ccc(Oc4cc(F)cnc4C#N)cc3)cc2)C1. The molecule has 0 unspecified atom stereocenters. The van der Waals surface area contributed by atoms with Crippen LogP contribution in [0, 0.1) is 17.1 Å². The van der Waals surface area contributed by atoms with Crippen molar-refractivity contribution < 1.29 is 23.4 Å². The number of aromatic nitrogens is 1. The molecule has 0 saturated heterocycles. The summed E-state index contributed by atoms with van der Waals surface area (Å²) in [5, 5.41) is 12.1. The lowest BCUT2D eigenvalue weighted by Gasteiger charge is -2.36. The first-order valence-corrected chi connectivity index (χ1v) is 12.5. The minimum absolute atomic E-state index is 0.0230. The van der Waals surface area contributed by atoms with Gasteiger partial charge in [0, 0.05) is 30.4 Å². The van der Waals surface area contributed by atoms with Crippen molar-refractivity contribution in [2.45, 2.75) is 70.6 Å². The van der Waals surface area contributed by atoms with Crippen LogP contribution < -0.4 is 14.8 Å². The number of pyridine rings is 1. The van der Waals surface area contributed by atoms with Crippen molar-refractivity contribution in [1.82, 2.24) is 10.3 Å². The monoisotopic (exact) mass is 517 g/mol. The number of nitrogens with one attached hydrogen (secondary N) is 1. The number of benzene rings is 2. The first kappa shape index (κ1) is 26.9. The van der Waals surface area contributed by atoms with Crippen molar-refractivity contribution in [1.29, 1.82) is 5.26 Å². The van der Waals surface area contributed by atoms with E-state index in [2.05, 4.69) is 24.1 Å². The molecule has 0 aliphatic heterocycles. The zero-order valence-electron chi connectivity index (χ0n) is 22.2. The molecule has 0 bridgehead atoms. The molecular formula is C30H32FN3O4. The van der Waals surface area contributed by atoms with Crippen LogP contribution in [0.5, 0.6) is 17.2 Å². The molecule has 1 saturated carbocycles. The number of alkyl carbamates (subject to hydrolysis) is 1. The number of hydrogen-bond acceptors (Lipinski definition) is 6. The van der Waals surface area contributed by atoms with E-state index in [1.807, 2.05) is 63.2 Å². The predicted octanol–water partition coefficient (Wildman–Crippen LogP) is 6.65. The number of nitriles is 1. The maximum atomic E-state index is 13.5. The maximum absolute atomic E-state index is 13.5. The molecule has 1 aliphatic rings. The molecule has 1 N–H and O–H groups in total. The standard InChI is InChI=1S/C30H32FN3O4/c1-29(2,3)38-28(35)34-22-15-25(16-22)36-23-10-6-19(7-11-23)30(4,5)20-8-12-24(13-9-20)37-27-14-21(31)18-33-26(27)17-32/h6-14,18,22,25H,15-16H2,1-5H3,(H,34,35). The molecule has 4 rings (SSSR count). The number of halogens is 1. The van der Waals surface area contributed by atoms with Crippen LogP contribution in [0.4, 0.5) is 9.18 Å². The number of rotatable bonds is 7. The second-order valence-electron chi connectivity index (χ2n) is 10.9. The zero-order valence-corrected chi connectivity index (χ0v) is 22.2. The van der Waals surface area contributed by atoms with E-state index in [-0.39, 0.29) is 29.0 Å². The highest BCUT2D eigenvalue weighted by Crippen LogP contribution is 2.35. The zero-order chi connectivity index (χ0) is 27.5. The minimum atomic E-state index is -0.571. The molecular weight excluding hydrogens is 485 g/mol. The molecule has 198 valence electrons. The first-order valence-electron chi connectivity index (χ1n) is 12.5. The van der Waals surface area contributed by atoms with Gasteiger partial charge in [-0.25, -0.2) is 14.2 Å². The quantitative estimate of drug-likeness (QED) is 0.377. The van der Waals surface area contributed by atoms with Crippen LogP contribution in [-0.2, 0) is 10.2 Å². The number of amides is 1. The third-order valence-electron chi connectivity index (χ3n) is 6.42. The van der Waals surface area contributed by atoms with E-state index < -0.39 is 17.5 Å². The van der Waals surface area contributed by atoms with Gasteiger partial charge in [0.2, 0.25) is 0 Å². The summed E-state index contributed by atoms with van der Waals surface area (Å²) in [4.78, 5) is 15.7. The number of carbonyl (C=O) groups excluding carboxylic acids is 1. The summed E-state index contributed by atoms with van der Waals surface area (Å²) in [5.41, 5.74) is 1.38. The Morgan fingerprint density at radius 1 is 1.00 bits per heavy atom. The number of carbonyl (C=O) groups is 1. The number of ether oxygens (including phenoxy) is 3. The van der Waals surface area contributed by atoms with Crippen molar-refractivity contribution in [3.63, 3.8) is 0 Å². The Bertz CT molecular complexity index is 1320. The second kappa shape index (κ2) is 10.7. The molecule has 8 heteroatoms. The molecule has 0 atom stereocenters. The summed E-state index contributed by atoms with van der Waals surface area (Å²) in [7, 11) is 0. The Morgan fingerprint density at radius 3 is 2.13 bits per heavy atom. The Labute approximate surface area is 222 Å². The van der Waals surface area contributed by atoms with E-state index in [1.165, 1.54) is 0 Å². The third-order valence-corrected chi connectivity index (χ3v) is 6.42. The van der Waals surface area contributed by atoms with Gasteiger partial charge in [-0.1, -0.05) is 38.1 Å². The van der Waals surface area contributed by atoms with Crippen molar-refractivity contribution >= 4 is 6.09 Å². The maximum Gasteiger partial charge on any atom is 0.407 e. The summed E-state index contributed by atoms with van der Waals surface area (Å²) < 4.78 is 30.6. The van der Waals surface area contributed by atoms with Gasteiger partial charge >= 0.3 is 6.09 Å². The molecule has 0 radical (unpaired) electrons. The molecule has 2 aromatic carbocycles. The average molecular weight is 518 g/mol. The molecule has 1 aromatic heterocycles. The average Bonchev–Trinajstić information content (AvgIpc) is 2.82. The van der Waals surface area contributed by atoms with Crippen LogP contribution in [0.25, 0.3) is 0 Å². The summed E-state index contributed by atoms with van der Waals surface area (Å²) >= 11 is 0. The van der Waals surface area contributed by atoms with Gasteiger partial charge in [-0.3, -0.25) is 0 Å². The molecule has 1 amide bonds. The molecule has 1 fully saturated rings. The van der Waals surface area contributed by atoms with E-state index in [0.29, 0.717) is 5.75 Å². The Hall–Kier alpha value is -4.12. The third kappa shape index (κ3) is 6.60. The number of hydrogen-bond donors (Lipinski definition) is 1. The van der Waals surface area contributed by atoms with Crippen molar-refractivity contribution in [2.24, 2.45) is 0 Å². The van der Waals surface area contributed by atoms with Crippen LogP contribution in [-0.4, -0.2) is 28.8 Å². The first-order chi connectivity index (χ1) is 17.9. The summed E-state index contributed by atoms with van der Waals surface area (Å²) in [5.74, 6) is 0.774. The van der Waals surface area contributed by atoms with Gasteiger partial charge in [-0.2, -0.15) is 5.26 Å². The van der Waals surface area contributed by atoms with Gasteiger partial charge in [0.15, 0.2) is 11.4 Å².